The smallest absolute Gasteiger partial charge is 0.277 e. The van der Waals surface area contributed by atoms with Crippen molar-refractivity contribution in [3.8, 4) is 11.5 Å². The van der Waals surface area contributed by atoms with Gasteiger partial charge in [-0.05, 0) is 30.3 Å². The van der Waals surface area contributed by atoms with Crippen LogP contribution in [0, 0.1) is 10.1 Å². The fourth-order valence-electron chi connectivity index (χ4n) is 2.33. The van der Waals surface area contributed by atoms with Crippen LogP contribution in [-0.2, 0) is 4.79 Å². The van der Waals surface area contributed by atoms with Crippen LogP contribution in [-0.4, -0.2) is 32.6 Å². The number of nitrogens with one attached hydrogen (secondary N) is 1. The molecule has 148 valence electrons. The first-order valence-electron chi connectivity index (χ1n) is 8.15. The van der Waals surface area contributed by atoms with Crippen LogP contribution < -0.4 is 5.32 Å². The van der Waals surface area contributed by atoms with Crippen molar-refractivity contribution in [2.45, 2.75) is 12.1 Å². The molecule has 0 aliphatic carbocycles. The number of non-ortho nitro benzene ring substituents is 1. The zero-order chi connectivity index (χ0) is 21.0. The summed E-state index contributed by atoms with van der Waals surface area (Å²) >= 11 is 4.27. The maximum Gasteiger partial charge on any atom is 0.277 e. The second-order valence-corrected chi connectivity index (χ2v) is 7.55. The van der Waals surface area contributed by atoms with Crippen LogP contribution in [0.25, 0.3) is 11.5 Å². The van der Waals surface area contributed by atoms with Crippen LogP contribution in [0.1, 0.15) is 17.3 Å². The first-order valence-corrected chi connectivity index (χ1v) is 9.93. The molecule has 11 heteroatoms. The van der Waals surface area contributed by atoms with E-state index < -0.39 is 4.92 Å². The monoisotopic (exact) mass is 476 g/mol. The number of carbonyl (C=O) groups excluding carboxylic acids is 2. The summed E-state index contributed by atoms with van der Waals surface area (Å²) in [6.07, 6.45) is 0. The van der Waals surface area contributed by atoms with Crippen molar-refractivity contribution in [1.82, 2.24) is 10.2 Å². The average molecular weight is 477 g/mol. The summed E-state index contributed by atoms with van der Waals surface area (Å²) in [6, 6.07) is 10.9. The maximum absolute atomic E-state index is 12.4. The van der Waals surface area contributed by atoms with Crippen LogP contribution in [0.15, 0.2) is 56.6 Å². The van der Waals surface area contributed by atoms with E-state index in [1.807, 2.05) is 0 Å². The number of benzene rings is 2. The molecular formula is C18H13BrN4O5S. The van der Waals surface area contributed by atoms with Crippen molar-refractivity contribution in [2.75, 3.05) is 11.1 Å². The molecule has 0 unspecified atom stereocenters. The number of amides is 1. The van der Waals surface area contributed by atoms with Gasteiger partial charge < -0.3 is 9.73 Å². The molecule has 1 N–H and O–H groups in total. The Balaban J connectivity index is 1.66. The van der Waals surface area contributed by atoms with E-state index in [1.54, 1.807) is 24.3 Å². The third-order valence-electron chi connectivity index (χ3n) is 3.65. The Morgan fingerprint density at radius 2 is 1.93 bits per heavy atom. The number of rotatable bonds is 7. The molecule has 29 heavy (non-hydrogen) atoms. The molecule has 3 aromatic rings. The summed E-state index contributed by atoms with van der Waals surface area (Å²) < 4.78 is 6.02. The molecule has 0 saturated carbocycles. The molecule has 0 aliphatic heterocycles. The lowest BCUT2D eigenvalue weighted by molar-refractivity contribution is -0.384. The third kappa shape index (κ3) is 5.27. The van der Waals surface area contributed by atoms with Crippen molar-refractivity contribution in [3.63, 3.8) is 0 Å². The molecule has 1 heterocycles. The van der Waals surface area contributed by atoms with E-state index in [2.05, 4.69) is 31.4 Å². The summed E-state index contributed by atoms with van der Waals surface area (Å²) in [5.41, 5.74) is 1.35. The molecule has 0 atom stereocenters. The predicted molar refractivity (Wildman–Crippen MR) is 110 cm³/mol. The van der Waals surface area contributed by atoms with Crippen LogP contribution in [0.5, 0.6) is 0 Å². The van der Waals surface area contributed by atoms with Crippen LogP contribution in [0.2, 0.25) is 0 Å². The number of carbonyl (C=O) groups is 2. The standard InChI is InChI=1S/C18H13BrN4O5S/c1-10(24)20-12-4-2-11(3-5-12)17-21-22-18(28-17)29-9-16(25)14-8-13(23(26)27)6-7-15(14)19/h2-8H,9H2,1H3,(H,20,24). The number of hydrogen-bond acceptors (Lipinski definition) is 8. The van der Waals surface area contributed by atoms with E-state index in [0.717, 1.165) is 11.8 Å². The maximum atomic E-state index is 12.4. The molecule has 0 radical (unpaired) electrons. The van der Waals surface area contributed by atoms with Crippen molar-refractivity contribution in [2.24, 2.45) is 0 Å². The topological polar surface area (TPSA) is 128 Å². The normalized spacial score (nSPS) is 10.6. The van der Waals surface area contributed by atoms with Gasteiger partial charge in [-0.3, -0.25) is 19.7 Å². The Morgan fingerprint density at radius 3 is 2.59 bits per heavy atom. The van der Waals surface area contributed by atoms with Crippen molar-refractivity contribution in [3.05, 3.63) is 62.6 Å². The van der Waals surface area contributed by atoms with Crippen LogP contribution in [0.3, 0.4) is 0 Å². The number of aromatic nitrogens is 2. The van der Waals surface area contributed by atoms with E-state index in [4.69, 9.17) is 4.42 Å². The Morgan fingerprint density at radius 1 is 1.21 bits per heavy atom. The fraction of sp³-hybridized carbons (Fsp3) is 0.111. The van der Waals surface area contributed by atoms with Gasteiger partial charge in [-0.1, -0.05) is 27.7 Å². The summed E-state index contributed by atoms with van der Waals surface area (Å²) in [5.74, 6) is -0.242. The number of nitro benzene ring substituents is 1. The van der Waals surface area contributed by atoms with Crippen molar-refractivity contribution >= 4 is 50.8 Å². The molecule has 1 aromatic heterocycles. The average Bonchev–Trinajstić information content (AvgIpc) is 3.15. The predicted octanol–water partition coefficient (Wildman–Crippen LogP) is 4.34. The van der Waals surface area contributed by atoms with Gasteiger partial charge in [0.15, 0.2) is 5.78 Å². The number of nitro groups is 1. The van der Waals surface area contributed by atoms with Gasteiger partial charge in [-0.15, -0.1) is 10.2 Å². The van der Waals surface area contributed by atoms with Crippen LogP contribution in [0.4, 0.5) is 11.4 Å². The van der Waals surface area contributed by atoms with Gasteiger partial charge in [-0.2, -0.15) is 0 Å². The number of thioether (sulfide) groups is 1. The minimum Gasteiger partial charge on any atom is -0.411 e. The highest BCUT2D eigenvalue weighted by molar-refractivity contribution is 9.10. The molecular weight excluding hydrogens is 464 g/mol. The Bertz CT molecular complexity index is 1080. The van der Waals surface area contributed by atoms with E-state index in [-0.39, 0.29) is 39.8 Å². The molecule has 2 aromatic carbocycles. The number of nitrogens with zero attached hydrogens (tertiary/aromatic N) is 3. The second kappa shape index (κ2) is 8.97. The zero-order valence-electron chi connectivity index (χ0n) is 14.9. The first-order chi connectivity index (χ1) is 13.8. The van der Waals surface area contributed by atoms with E-state index in [9.17, 15) is 19.7 Å². The van der Waals surface area contributed by atoms with Gasteiger partial charge in [0, 0.05) is 40.3 Å². The number of ketones is 1. The molecule has 0 bridgehead atoms. The van der Waals surface area contributed by atoms with Crippen molar-refractivity contribution < 1.29 is 18.9 Å². The van der Waals surface area contributed by atoms with Gasteiger partial charge in [0.25, 0.3) is 10.9 Å². The Hall–Kier alpha value is -3.05. The zero-order valence-corrected chi connectivity index (χ0v) is 17.3. The third-order valence-corrected chi connectivity index (χ3v) is 5.16. The highest BCUT2D eigenvalue weighted by Crippen LogP contribution is 2.27. The van der Waals surface area contributed by atoms with E-state index in [1.165, 1.54) is 25.1 Å². The first kappa shape index (κ1) is 20.7. The van der Waals surface area contributed by atoms with Gasteiger partial charge in [-0.25, -0.2) is 0 Å². The number of hydrogen-bond donors (Lipinski definition) is 1. The van der Waals surface area contributed by atoms with Gasteiger partial charge in [0.2, 0.25) is 11.8 Å². The fourth-order valence-corrected chi connectivity index (χ4v) is 3.44. The molecule has 0 spiro atoms. The minimum atomic E-state index is -0.558. The molecule has 0 saturated heterocycles. The summed E-state index contributed by atoms with van der Waals surface area (Å²) in [4.78, 5) is 33.8. The number of anilines is 1. The molecule has 0 fully saturated rings. The SMILES string of the molecule is CC(=O)Nc1ccc(-c2nnc(SCC(=O)c3cc([N+](=O)[O-])ccc3Br)o2)cc1. The summed E-state index contributed by atoms with van der Waals surface area (Å²) in [5, 5.41) is 21.6. The molecule has 9 nitrogen and oxygen atoms in total. The summed E-state index contributed by atoms with van der Waals surface area (Å²) in [7, 11) is 0. The molecule has 3 rings (SSSR count). The Kier molecular flexibility index (Phi) is 6.39. The lowest BCUT2D eigenvalue weighted by Gasteiger charge is -2.02. The molecule has 0 aliphatic rings. The quantitative estimate of drug-likeness (QED) is 0.230. The number of halogens is 1. The van der Waals surface area contributed by atoms with Gasteiger partial charge in [0.1, 0.15) is 0 Å². The highest BCUT2D eigenvalue weighted by atomic mass is 79.9. The van der Waals surface area contributed by atoms with E-state index >= 15 is 0 Å². The van der Waals surface area contributed by atoms with Crippen LogP contribution >= 0.6 is 27.7 Å². The summed E-state index contributed by atoms with van der Waals surface area (Å²) in [6.45, 7) is 1.42. The van der Waals surface area contributed by atoms with Crippen molar-refractivity contribution in [1.29, 1.82) is 0 Å². The highest BCUT2D eigenvalue weighted by Gasteiger charge is 2.17. The minimum absolute atomic E-state index is 0.0249. The number of Topliss-reactive ketones (excluding diaryl/α,β-unsaturated/α-hetero) is 1. The lowest BCUT2D eigenvalue weighted by Crippen LogP contribution is -2.05. The van der Waals surface area contributed by atoms with E-state index in [0.29, 0.717) is 15.7 Å². The lowest BCUT2D eigenvalue weighted by atomic mass is 10.1. The largest absolute Gasteiger partial charge is 0.411 e. The van der Waals surface area contributed by atoms with Gasteiger partial charge in [0.05, 0.1) is 10.7 Å². The molecule has 1 amide bonds. The Labute approximate surface area is 177 Å². The van der Waals surface area contributed by atoms with Gasteiger partial charge >= 0.3 is 0 Å². The second-order valence-electron chi connectivity index (χ2n) is 5.76.